The minimum absolute atomic E-state index is 0.155. The summed E-state index contributed by atoms with van der Waals surface area (Å²) in [4.78, 5) is 24.5. The van der Waals surface area contributed by atoms with Crippen molar-refractivity contribution in [2.75, 3.05) is 13.1 Å². The van der Waals surface area contributed by atoms with Gasteiger partial charge in [0.1, 0.15) is 0 Å². The molecule has 4 heteroatoms. The number of carboxylic acid groups (broad SMARTS) is 1. The lowest BCUT2D eigenvalue weighted by molar-refractivity contribution is -0.137. The number of aryl methyl sites for hydroxylation is 1. The largest absolute Gasteiger partial charge is 0.481 e. The van der Waals surface area contributed by atoms with Gasteiger partial charge >= 0.3 is 5.97 Å². The van der Waals surface area contributed by atoms with Crippen LogP contribution in [0.1, 0.15) is 55.6 Å². The van der Waals surface area contributed by atoms with E-state index in [1.54, 1.807) is 0 Å². The lowest BCUT2D eigenvalue weighted by atomic mass is 9.87. The van der Waals surface area contributed by atoms with Gasteiger partial charge in [-0.05, 0) is 49.7 Å². The molecule has 0 spiro atoms. The highest BCUT2D eigenvalue weighted by molar-refractivity contribution is 5.76. The molecule has 0 aromatic heterocycles. The van der Waals surface area contributed by atoms with Crippen LogP contribution < -0.4 is 0 Å². The van der Waals surface area contributed by atoms with Crippen LogP contribution in [-0.4, -0.2) is 35.0 Å². The van der Waals surface area contributed by atoms with Crippen LogP contribution >= 0.6 is 0 Å². The van der Waals surface area contributed by atoms with E-state index in [4.69, 9.17) is 5.11 Å². The van der Waals surface area contributed by atoms with Crippen molar-refractivity contribution in [3.8, 4) is 0 Å². The molecule has 0 atom stereocenters. The molecule has 1 fully saturated rings. The maximum absolute atomic E-state index is 12.1. The summed E-state index contributed by atoms with van der Waals surface area (Å²) in [5.74, 6) is -0.0580. The van der Waals surface area contributed by atoms with E-state index < -0.39 is 5.97 Å². The summed E-state index contributed by atoms with van der Waals surface area (Å²) in [6.07, 6.45) is 3.92. The fraction of sp³-hybridized carbons (Fsp3) is 0.556. The Hall–Kier alpha value is -1.84. The van der Waals surface area contributed by atoms with Gasteiger partial charge in [-0.25, -0.2) is 0 Å². The molecule has 4 nitrogen and oxygen atoms in total. The number of amides is 1. The zero-order chi connectivity index (χ0) is 15.9. The maximum Gasteiger partial charge on any atom is 0.303 e. The van der Waals surface area contributed by atoms with Gasteiger partial charge < -0.3 is 10.0 Å². The quantitative estimate of drug-likeness (QED) is 0.820. The summed E-state index contributed by atoms with van der Waals surface area (Å²) in [7, 11) is 0. The number of nitrogens with zero attached hydrogens (tertiary/aromatic N) is 1. The fourth-order valence-corrected chi connectivity index (χ4v) is 3.20. The second-order valence-electron chi connectivity index (χ2n) is 6.11. The van der Waals surface area contributed by atoms with E-state index in [1.807, 2.05) is 4.90 Å². The minimum atomic E-state index is -0.786. The Kier molecular flexibility index (Phi) is 5.99. The van der Waals surface area contributed by atoms with Crippen LogP contribution in [-0.2, 0) is 9.59 Å². The average Bonchev–Trinajstić information content (AvgIpc) is 2.52. The van der Waals surface area contributed by atoms with Crippen LogP contribution in [0.5, 0.6) is 0 Å². The number of carbonyl (C=O) groups is 2. The number of unbranched alkanes of at least 4 members (excludes halogenated alkanes) is 1. The van der Waals surface area contributed by atoms with E-state index in [2.05, 4.69) is 31.2 Å². The van der Waals surface area contributed by atoms with Crippen molar-refractivity contribution in [3.63, 3.8) is 0 Å². The zero-order valence-electron chi connectivity index (χ0n) is 13.3. The van der Waals surface area contributed by atoms with Crippen molar-refractivity contribution in [1.29, 1.82) is 0 Å². The van der Waals surface area contributed by atoms with Crippen molar-refractivity contribution in [3.05, 3.63) is 35.4 Å². The summed E-state index contributed by atoms with van der Waals surface area (Å²) in [6, 6.07) is 8.50. The summed E-state index contributed by atoms with van der Waals surface area (Å²) in [6.45, 7) is 3.78. The molecule has 0 radical (unpaired) electrons. The Labute approximate surface area is 132 Å². The van der Waals surface area contributed by atoms with Crippen molar-refractivity contribution < 1.29 is 14.7 Å². The highest BCUT2D eigenvalue weighted by Crippen LogP contribution is 2.30. The van der Waals surface area contributed by atoms with Gasteiger partial charge in [-0.3, -0.25) is 9.59 Å². The summed E-state index contributed by atoms with van der Waals surface area (Å²) >= 11 is 0. The Morgan fingerprint density at radius 1 is 1.14 bits per heavy atom. The van der Waals surface area contributed by atoms with E-state index in [-0.39, 0.29) is 12.3 Å². The van der Waals surface area contributed by atoms with Gasteiger partial charge in [-0.15, -0.1) is 0 Å². The van der Waals surface area contributed by atoms with Crippen LogP contribution in [0.3, 0.4) is 0 Å². The second-order valence-corrected chi connectivity index (χ2v) is 6.11. The summed E-state index contributed by atoms with van der Waals surface area (Å²) in [5, 5.41) is 8.59. The molecule has 2 rings (SSSR count). The normalized spacial score (nSPS) is 15.8. The van der Waals surface area contributed by atoms with E-state index >= 15 is 0 Å². The van der Waals surface area contributed by atoms with Crippen LogP contribution in [0.15, 0.2) is 24.3 Å². The van der Waals surface area contributed by atoms with Crippen molar-refractivity contribution in [2.24, 2.45) is 0 Å². The van der Waals surface area contributed by atoms with Gasteiger partial charge in [-0.2, -0.15) is 0 Å². The molecular formula is C18H25NO3. The zero-order valence-corrected chi connectivity index (χ0v) is 13.3. The molecule has 0 unspecified atom stereocenters. The Bertz CT molecular complexity index is 519. The highest BCUT2D eigenvalue weighted by Gasteiger charge is 2.24. The Morgan fingerprint density at radius 2 is 1.77 bits per heavy atom. The van der Waals surface area contributed by atoms with Gasteiger partial charge in [-0.1, -0.05) is 24.3 Å². The van der Waals surface area contributed by atoms with E-state index in [9.17, 15) is 9.59 Å². The first-order chi connectivity index (χ1) is 10.6. The van der Waals surface area contributed by atoms with Crippen molar-refractivity contribution >= 4 is 11.9 Å². The molecule has 1 aliphatic heterocycles. The van der Waals surface area contributed by atoms with Crippen LogP contribution in [0.2, 0.25) is 0 Å². The first-order valence-corrected chi connectivity index (χ1v) is 8.13. The summed E-state index contributed by atoms with van der Waals surface area (Å²) < 4.78 is 0. The molecule has 120 valence electrons. The molecule has 1 saturated heterocycles. The Balaban J connectivity index is 1.76. The third-order valence-electron chi connectivity index (χ3n) is 4.51. The molecule has 1 aliphatic rings. The molecule has 1 aromatic carbocycles. The number of hydrogen-bond donors (Lipinski definition) is 1. The number of hydrogen-bond acceptors (Lipinski definition) is 2. The predicted molar refractivity (Wildman–Crippen MR) is 85.8 cm³/mol. The van der Waals surface area contributed by atoms with Gasteiger partial charge in [0.2, 0.25) is 5.91 Å². The van der Waals surface area contributed by atoms with Crippen molar-refractivity contribution in [2.45, 2.75) is 51.4 Å². The molecule has 0 aliphatic carbocycles. The highest BCUT2D eigenvalue weighted by atomic mass is 16.4. The van der Waals surface area contributed by atoms with Crippen LogP contribution in [0.25, 0.3) is 0 Å². The van der Waals surface area contributed by atoms with E-state index in [1.165, 1.54) is 11.1 Å². The molecule has 1 heterocycles. The molecule has 22 heavy (non-hydrogen) atoms. The number of carbonyl (C=O) groups excluding carboxylic acids is 1. The number of aliphatic carboxylic acids is 1. The molecule has 0 saturated carbocycles. The lowest BCUT2D eigenvalue weighted by Crippen LogP contribution is -2.37. The predicted octanol–water partition coefficient (Wildman–Crippen LogP) is 3.35. The van der Waals surface area contributed by atoms with Gasteiger partial charge in [0.05, 0.1) is 0 Å². The first-order valence-electron chi connectivity index (χ1n) is 8.13. The molecule has 1 amide bonds. The third kappa shape index (κ3) is 4.58. The van der Waals surface area contributed by atoms with Crippen LogP contribution in [0, 0.1) is 6.92 Å². The topological polar surface area (TPSA) is 57.6 Å². The van der Waals surface area contributed by atoms with Gasteiger partial charge in [0, 0.05) is 25.9 Å². The SMILES string of the molecule is Cc1ccccc1C1CCN(C(=O)CCCCC(=O)O)CC1. The molecule has 1 aromatic rings. The lowest BCUT2D eigenvalue weighted by Gasteiger charge is -2.33. The van der Waals surface area contributed by atoms with Gasteiger partial charge in [0.25, 0.3) is 0 Å². The maximum atomic E-state index is 12.1. The molecule has 1 N–H and O–H groups in total. The molecule has 0 bridgehead atoms. The summed E-state index contributed by atoms with van der Waals surface area (Å²) in [5.41, 5.74) is 2.75. The number of rotatable bonds is 6. The fourth-order valence-electron chi connectivity index (χ4n) is 3.20. The van der Waals surface area contributed by atoms with Crippen LogP contribution in [0.4, 0.5) is 0 Å². The monoisotopic (exact) mass is 303 g/mol. The third-order valence-corrected chi connectivity index (χ3v) is 4.51. The number of benzene rings is 1. The average molecular weight is 303 g/mol. The number of likely N-dealkylation sites (tertiary alicyclic amines) is 1. The van der Waals surface area contributed by atoms with Gasteiger partial charge in [0.15, 0.2) is 0 Å². The Morgan fingerprint density at radius 3 is 2.41 bits per heavy atom. The smallest absolute Gasteiger partial charge is 0.303 e. The van der Waals surface area contributed by atoms with Crippen molar-refractivity contribution in [1.82, 2.24) is 4.90 Å². The first kappa shape index (κ1) is 16.5. The second kappa shape index (κ2) is 7.97. The van der Waals surface area contributed by atoms with E-state index in [0.29, 0.717) is 25.2 Å². The number of piperidine rings is 1. The standard InChI is InChI=1S/C18H25NO3/c1-14-6-2-3-7-16(14)15-10-12-19(13-11-15)17(20)8-4-5-9-18(21)22/h2-3,6-7,15H,4-5,8-13H2,1H3,(H,21,22). The minimum Gasteiger partial charge on any atom is -0.481 e. The van der Waals surface area contributed by atoms with E-state index in [0.717, 1.165) is 25.9 Å². The molecular weight excluding hydrogens is 278 g/mol. The number of carboxylic acids is 1.